The van der Waals surface area contributed by atoms with Gasteiger partial charge in [-0.2, -0.15) is 0 Å². The van der Waals surface area contributed by atoms with E-state index in [1.54, 1.807) is 6.08 Å². The minimum Gasteiger partial charge on any atom is -0.370 e. The SMILES string of the molecule is C=C(C)CC(CC(N)=O)C(=O)NC.C=CC.CC. The van der Waals surface area contributed by atoms with Gasteiger partial charge in [0, 0.05) is 13.5 Å². The zero-order chi connectivity index (χ0) is 15.1. The summed E-state index contributed by atoms with van der Waals surface area (Å²) in [6, 6.07) is 0. The van der Waals surface area contributed by atoms with Gasteiger partial charge in [-0.15, -0.1) is 13.2 Å². The lowest BCUT2D eigenvalue weighted by Crippen LogP contribution is -2.31. The molecule has 0 fully saturated rings. The van der Waals surface area contributed by atoms with Crippen LogP contribution >= 0.6 is 0 Å². The van der Waals surface area contributed by atoms with Gasteiger partial charge in [0.05, 0.1) is 5.92 Å². The van der Waals surface area contributed by atoms with E-state index in [-0.39, 0.29) is 18.2 Å². The third-order valence-electron chi connectivity index (χ3n) is 1.66. The standard InChI is InChI=1S/C9H16N2O2.C3H6.C2H6/c1-6(2)4-7(5-8(10)12)9(13)11-3;1-3-2;1-2/h7H,1,4-5H2,2-3H3,(H2,10,12)(H,11,13);3H,1H2,2H3;1-2H3. The number of carbonyl (C=O) groups excluding carboxylic acids is 2. The topological polar surface area (TPSA) is 72.2 Å². The molecule has 0 aliphatic carbocycles. The third-order valence-corrected chi connectivity index (χ3v) is 1.66. The molecule has 0 bridgehead atoms. The highest BCUT2D eigenvalue weighted by atomic mass is 16.2. The highest BCUT2D eigenvalue weighted by Crippen LogP contribution is 2.13. The minimum absolute atomic E-state index is 0.0759. The summed E-state index contributed by atoms with van der Waals surface area (Å²) in [7, 11) is 1.54. The van der Waals surface area contributed by atoms with Crippen LogP contribution in [0.5, 0.6) is 0 Å². The second kappa shape index (κ2) is 15.4. The molecule has 0 saturated carbocycles. The highest BCUT2D eigenvalue weighted by Gasteiger charge is 2.19. The minimum atomic E-state index is -0.463. The van der Waals surface area contributed by atoms with Crippen molar-refractivity contribution in [2.45, 2.75) is 40.5 Å². The van der Waals surface area contributed by atoms with Crippen molar-refractivity contribution in [3.63, 3.8) is 0 Å². The summed E-state index contributed by atoms with van der Waals surface area (Å²) in [6.45, 7) is 14.8. The number of hydrogen-bond donors (Lipinski definition) is 2. The number of hydrogen-bond acceptors (Lipinski definition) is 2. The Morgan fingerprint density at radius 2 is 1.72 bits per heavy atom. The van der Waals surface area contributed by atoms with Crippen molar-refractivity contribution < 1.29 is 9.59 Å². The molecule has 1 unspecified atom stereocenters. The Kier molecular flexibility index (Phi) is 18.6. The lowest BCUT2D eigenvalue weighted by atomic mass is 9.96. The van der Waals surface area contributed by atoms with Crippen LogP contribution in [0.3, 0.4) is 0 Å². The van der Waals surface area contributed by atoms with Gasteiger partial charge in [-0.25, -0.2) is 0 Å². The Balaban J connectivity index is -0.000000389. The van der Waals surface area contributed by atoms with E-state index in [0.717, 1.165) is 5.57 Å². The van der Waals surface area contributed by atoms with Crippen molar-refractivity contribution in [2.24, 2.45) is 11.7 Å². The fraction of sp³-hybridized carbons (Fsp3) is 0.571. The number of nitrogens with two attached hydrogens (primary N) is 1. The van der Waals surface area contributed by atoms with Crippen molar-refractivity contribution in [1.82, 2.24) is 5.32 Å². The number of amides is 2. The molecule has 4 heteroatoms. The molecule has 0 saturated heterocycles. The molecule has 2 amide bonds. The molecule has 4 nitrogen and oxygen atoms in total. The molecular formula is C14H28N2O2. The van der Waals surface area contributed by atoms with Crippen LogP contribution < -0.4 is 11.1 Å². The predicted molar refractivity (Wildman–Crippen MR) is 78.0 cm³/mol. The summed E-state index contributed by atoms with van der Waals surface area (Å²) in [5, 5.41) is 2.49. The van der Waals surface area contributed by atoms with Gasteiger partial charge in [-0.3, -0.25) is 9.59 Å². The second-order valence-corrected chi connectivity index (χ2v) is 3.55. The first-order valence-electron chi connectivity index (χ1n) is 6.10. The van der Waals surface area contributed by atoms with Crippen molar-refractivity contribution in [3.8, 4) is 0 Å². The quantitative estimate of drug-likeness (QED) is 0.741. The average molecular weight is 256 g/mol. The third kappa shape index (κ3) is 16.8. The maximum Gasteiger partial charge on any atom is 0.223 e. The van der Waals surface area contributed by atoms with Crippen LogP contribution in [0, 0.1) is 5.92 Å². The van der Waals surface area contributed by atoms with Gasteiger partial charge in [0.1, 0.15) is 0 Å². The molecule has 106 valence electrons. The maximum absolute atomic E-state index is 11.2. The van der Waals surface area contributed by atoms with Crippen molar-refractivity contribution >= 4 is 11.8 Å². The molecule has 0 aliphatic rings. The van der Waals surface area contributed by atoms with Gasteiger partial charge in [0.25, 0.3) is 0 Å². The first kappa shape index (κ1) is 21.7. The number of allylic oxidation sites excluding steroid dienone is 2. The number of carbonyl (C=O) groups is 2. The Morgan fingerprint density at radius 1 is 1.33 bits per heavy atom. The molecule has 0 aromatic carbocycles. The Labute approximate surface area is 111 Å². The van der Waals surface area contributed by atoms with Gasteiger partial charge in [-0.1, -0.05) is 25.5 Å². The molecular weight excluding hydrogens is 228 g/mol. The molecule has 0 aromatic rings. The molecule has 0 heterocycles. The van der Waals surface area contributed by atoms with Gasteiger partial charge < -0.3 is 11.1 Å². The lowest BCUT2D eigenvalue weighted by Gasteiger charge is -2.12. The van der Waals surface area contributed by atoms with E-state index in [1.165, 1.54) is 7.05 Å². The summed E-state index contributed by atoms with van der Waals surface area (Å²) in [6.07, 6.45) is 2.33. The first-order valence-corrected chi connectivity index (χ1v) is 6.10. The smallest absolute Gasteiger partial charge is 0.223 e. The number of primary amides is 1. The van der Waals surface area contributed by atoms with Crippen LogP contribution in [-0.2, 0) is 9.59 Å². The van der Waals surface area contributed by atoms with E-state index in [2.05, 4.69) is 18.5 Å². The number of rotatable bonds is 5. The van der Waals surface area contributed by atoms with Crippen LogP contribution in [0.2, 0.25) is 0 Å². The number of nitrogens with one attached hydrogen (secondary N) is 1. The van der Waals surface area contributed by atoms with E-state index in [4.69, 9.17) is 5.73 Å². The van der Waals surface area contributed by atoms with Crippen LogP contribution in [0.15, 0.2) is 24.8 Å². The fourth-order valence-corrected chi connectivity index (χ4v) is 1.13. The Hall–Kier alpha value is -1.58. The Morgan fingerprint density at radius 3 is 1.94 bits per heavy atom. The summed E-state index contributed by atoms with van der Waals surface area (Å²) in [5.74, 6) is -1.00. The molecule has 0 rings (SSSR count). The zero-order valence-electron chi connectivity index (χ0n) is 12.4. The summed E-state index contributed by atoms with van der Waals surface area (Å²) in [5.41, 5.74) is 5.88. The van der Waals surface area contributed by atoms with E-state index >= 15 is 0 Å². The summed E-state index contributed by atoms with van der Waals surface area (Å²) < 4.78 is 0. The Bertz CT molecular complexity index is 245. The van der Waals surface area contributed by atoms with Crippen LogP contribution in [0.4, 0.5) is 0 Å². The van der Waals surface area contributed by atoms with E-state index in [0.29, 0.717) is 6.42 Å². The van der Waals surface area contributed by atoms with E-state index in [1.807, 2.05) is 27.7 Å². The van der Waals surface area contributed by atoms with Crippen molar-refractivity contribution in [2.75, 3.05) is 7.05 Å². The average Bonchev–Trinajstić information content (AvgIpc) is 2.29. The molecule has 0 aromatic heterocycles. The molecule has 0 spiro atoms. The van der Waals surface area contributed by atoms with Crippen molar-refractivity contribution in [3.05, 3.63) is 24.8 Å². The fourth-order valence-electron chi connectivity index (χ4n) is 1.13. The predicted octanol–water partition coefficient (Wildman–Crippen LogP) is 2.41. The van der Waals surface area contributed by atoms with Gasteiger partial charge in [0.15, 0.2) is 0 Å². The van der Waals surface area contributed by atoms with Crippen LogP contribution in [0.1, 0.15) is 40.5 Å². The van der Waals surface area contributed by atoms with Crippen LogP contribution in [-0.4, -0.2) is 18.9 Å². The largest absolute Gasteiger partial charge is 0.370 e. The molecule has 0 aliphatic heterocycles. The van der Waals surface area contributed by atoms with E-state index < -0.39 is 5.91 Å². The molecule has 0 radical (unpaired) electrons. The van der Waals surface area contributed by atoms with Crippen LogP contribution in [0.25, 0.3) is 0 Å². The molecule has 3 N–H and O–H groups in total. The maximum atomic E-state index is 11.2. The van der Waals surface area contributed by atoms with Gasteiger partial charge in [0.2, 0.25) is 11.8 Å². The second-order valence-electron chi connectivity index (χ2n) is 3.55. The van der Waals surface area contributed by atoms with Gasteiger partial charge in [-0.05, 0) is 20.3 Å². The lowest BCUT2D eigenvalue weighted by molar-refractivity contribution is -0.128. The monoisotopic (exact) mass is 256 g/mol. The first-order chi connectivity index (χ1) is 8.38. The zero-order valence-corrected chi connectivity index (χ0v) is 12.4. The normalized spacial score (nSPS) is 9.61. The molecule has 1 atom stereocenters. The highest BCUT2D eigenvalue weighted by molar-refractivity contribution is 5.85. The summed E-state index contributed by atoms with van der Waals surface area (Å²) in [4.78, 5) is 21.8. The van der Waals surface area contributed by atoms with Crippen molar-refractivity contribution in [1.29, 1.82) is 0 Å². The van der Waals surface area contributed by atoms with Gasteiger partial charge >= 0.3 is 0 Å². The summed E-state index contributed by atoms with van der Waals surface area (Å²) >= 11 is 0. The van der Waals surface area contributed by atoms with E-state index in [9.17, 15) is 9.59 Å². The molecule has 18 heavy (non-hydrogen) atoms.